The average molecular weight is 343 g/mol. The average Bonchev–Trinajstić information content (AvgIpc) is 3.08. The summed E-state index contributed by atoms with van der Waals surface area (Å²) in [6, 6.07) is 16.1. The number of hydrogen-bond donors (Lipinski definition) is 1. The monoisotopic (exact) mass is 343 g/mol. The first-order valence-corrected chi connectivity index (χ1v) is 8.65. The Morgan fingerprint density at radius 1 is 1.21 bits per heavy atom. The molecule has 1 fully saturated rings. The van der Waals surface area contributed by atoms with Crippen molar-refractivity contribution in [1.82, 2.24) is 10.2 Å². The molecule has 0 aliphatic carbocycles. The number of carbonyl (C=O) groups is 1. The lowest BCUT2D eigenvalue weighted by atomic mass is 10.1. The highest BCUT2D eigenvalue weighted by atomic mass is 32.2. The standard InChI is InChI=1S/C17H17N3O3S/c21-16(14-8-4-5-9-15(14)20(22)23)19-11-10-18-17(19)24-12-13-6-2-1-3-7-13/h1-9,17-18H,10-12H2. The SMILES string of the molecule is O=C(c1ccccc1[N+](=O)[O-])N1CCNC1SCc1ccccc1. The number of rotatable bonds is 5. The van der Waals surface area contributed by atoms with E-state index in [1.807, 2.05) is 30.3 Å². The van der Waals surface area contributed by atoms with E-state index >= 15 is 0 Å². The van der Waals surface area contributed by atoms with E-state index in [4.69, 9.17) is 0 Å². The second-order valence-corrected chi connectivity index (χ2v) is 6.44. The molecule has 1 saturated heterocycles. The van der Waals surface area contributed by atoms with Gasteiger partial charge in [0.25, 0.3) is 11.6 Å². The molecule has 1 amide bonds. The van der Waals surface area contributed by atoms with Crippen molar-refractivity contribution in [3.05, 3.63) is 75.8 Å². The van der Waals surface area contributed by atoms with Gasteiger partial charge in [-0.3, -0.25) is 20.2 Å². The third kappa shape index (κ3) is 3.58. The minimum Gasteiger partial charge on any atom is -0.312 e. The molecule has 1 aliphatic heterocycles. The van der Waals surface area contributed by atoms with Crippen LogP contribution in [0.5, 0.6) is 0 Å². The molecule has 0 saturated carbocycles. The van der Waals surface area contributed by atoms with E-state index < -0.39 is 4.92 Å². The predicted octanol–water partition coefficient (Wildman–Crippen LogP) is 2.86. The molecule has 24 heavy (non-hydrogen) atoms. The lowest BCUT2D eigenvalue weighted by Gasteiger charge is -2.23. The van der Waals surface area contributed by atoms with Crippen molar-refractivity contribution in [2.24, 2.45) is 0 Å². The number of nitrogens with one attached hydrogen (secondary N) is 1. The van der Waals surface area contributed by atoms with Gasteiger partial charge in [0.2, 0.25) is 0 Å². The summed E-state index contributed by atoms with van der Waals surface area (Å²) in [6.07, 6.45) is 0. The number of carbonyl (C=O) groups excluding carboxylic acids is 1. The molecular weight excluding hydrogens is 326 g/mol. The van der Waals surface area contributed by atoms with Crippen LogP contribution in [-0.2, 0) is 5.75 Å². The topological polar surface area (TPSA) is 75.5 Å². The molecule has 7 heteroatoms. The van der Waals surface area contributed by atoms with E-state index in [0.717, 1.165) is 5.75 Å². The zero-order chi connectivity index (χ0) is 16.9. The zero-order valence-corrected chi connectivity index (χ0v) is 13.7. The maximum Gasteiger partial charge on any atom is 0.282 e. The highest BCUT2D eigenvalue weighted by Gasteiger charge is 2.32. The van der Waals surface area contributed by atoms with Gasteiger partial charge in [0.1, 0.15) is 11.1 Å². The maximum absolute atomic E-state index is 12.8. The fourth-order valence-corrected chi connectivity index (χ4v) is 3.77. The quantitative estimate of drug-likeness (QED) is 0.667. The molecule has 1 heterocycles. The van der Waals surface area contributed by atoms with Crippen LogP contribution in [0.25, 0.3) is 0 Å². The van der Waals surface area contributed by atoms with Gasteiger partial charge in [-0.25, -0.2) is 0 Å². The van der Waals surface area contributed by atoms with Gasteiger partial charge in [0.15, 0.2) is 0 Å². The summed E-state index contributed by atoms with van der Waals surface area (Å²) in [5.41, 5.74) is 0.976. The molecule has 1 unspecified atom stereocenters. The van der Waals surface area contributed by atoms with Crippen LogP contribution < -0.4 is 5.32 Å². The second kappa shape index (κ2) is 7.46. The van der Waals surface area contributed by atoms with E-state index in [9.17, 15) is 14.9 Å². The van der Waals surface area contributed by atoms with E-state index in [1.54, 1.807) is 28.8 Å². The van der Waals surface area contributed by atoms with Crippen LogP contribution in [-0.4, -0.2) is 34.3 Å². The zero-order valence-electron chi connectivity index (χ0n) is 12.9. The molecule has 124 valence electrons. The number of para-hydroxylation sites is 1. The number of benzene rings is 2. The Hall–Kier alpha value is -2.38. The Bertz CT molecular complexity index is 739. The van der Waals surface area contributed by atoms with Crippen LogP contribution in [0.2, 0.25) is 0 Å². The van der Waals surface area contributed by atoms with Gasteiger partial charge >= 0.3 is 0 Å². The highest BCUT2D eigenvalue weighted by Crippen LogP contribution is 2.26. The Labute approximate surface area is 144 Å². The van der Waals surface area contributed by atoms with Crippen molar-refractivity contribution in [1.29, 1.82) is 0 Å². The van der Waals surface area contributed by atoms with Crippen LogP contribution >= 0.6 is 11.8 Å². The smallest absolute Gasteiger partial charge is 0.282 e. The van der Waals surface area contributed by atoms with E-state index in [0.29, 0.717) is 13.1 Å². The minimum absolute atomic E-state index is 0.136. The third-order valence-corrected chi connectivity index (χ3v) is 5.03. The molecular formula is C17H17N3O3S. The van der Waals surface area contributed by atoms with Crippen molar-refractivity contribution < 1.29 is 9.72 Å². The first kappa shape index (κ1) is 16.5. The second-order valence-electron chi connectivity index (χ2n) is 5.38. The van der Waals surface area contributed by atoms with Crippen LogP contribution in [0.4, 0.5) is 5.69 Å². The lowest BCUT2D eigenvalue weighted by molar-refractivity contribution is -0.385. The van der Waals surface area contributed by atoms with Crippen molar-refractivity contribution in [3.8, 4) is 0 Å². The molecule has 0 aromatic heterocycles. The summed E-state index contributed by atoms with van der Waals surface area (Å²) in [7, 11) is 0. The summed E-state index contributed by atoms with van der Waals surface area (Å²) >= 11 is 1.61. The molecule has 6 nitrogen and oxygen atoms in total. The fourth-order valence-electron chi connectivity index (χ4n) is 2.61. The summed E-state index contributed by atoms with van der Waals surface area (Å²) in [5.74, 6) is 0.456. The van der Waals surface area contributed by atoms with Crippen LogP contribution in [0.3, 0.4) is 0 Å². The number of nitrogens with zero attached hydrogens (tertiary/aromatic N) is 2. The Kier molecular flexibility index (Phi) is 5.12. The van der Waals surface area contributed by atoms with Crippen molar-refractivity contribution >= 4 is 23.4 Å². The van der Waals surface area contributed by atoms with Gasteiger partial charge in [-0.2, -0.15) is 0 Å². The van der Waals surface area contributed by atoms with Gasteiger partial charge in [0, 0.05) is 24.9 Å². The summed E-state index contributed by atoms with van der Waals surface area (Å²) in [5, 5.41) is 14.4. The fraction of sp³-hybridized carbons (Fsp3) is 0.235. The molecule has 1 aliphatic rings. The van der Waals surface area contributed by atoms with Crippen molar-refractivity contribution in [2.45, 2.75) is 11.3 Å². The maximum atomic E-state index is 12.8. The Morgan fingerprint density at radius 2 is 1.92 bits per heavy atom. The summed E-state index contributed by atoms with van der Waals surface area (Å²) in [6.45, 7) is 1.22. The normalized spacial score (nSPS) is 17.0. The van der Waals surface area contributed by atoms with Crippen molar-refractivity contribution in [3.63, 3.8) is 0 Å². The number of nitro groups is 1. The van der Waals surface area contributed by atoms with Crippen LogP contribution in [0.1, 0.15) is 15.9 Å². The van der Waals surface area contributed by atoms with Crippen LogP contribution in [0, 0.1) is 10.1 Å². The number of thioether (sulfide) groups is 1. The number of nitro benzene ring substituents is 1. The summed E-state index contributed by atoms with van der Waals surface area (Å²) in [4.78, 5) is 25.1. The minimum atomic E-state index is -0.511. The lowest BCUT2D eigenvalue weighted by Crippen LogP contribution is -2.38. The largest absolute Gasteiger partial charge is 0.312 e. The number of hydrogen-bond acceptors (Lipinski definition) is 5. The van der Waals surface area contributed by atoms with E-state index in [2.05, 4.69) is 5.32 Å². The van der Waals surface area contributed by atoms with Gasteiger partial charge < -0.3 is 4.90 Å². The molecule has 2 aromatic carbocycles. The highest BCUT2D eigenvalue weighted by molar-refractivity contribution is 7.99. The first-order chi connectivity index (χ1) is 11.7. The molecule has 0 bridgehead atoms. The number of amides is 1. The van der Waals surface area contributed by atoms with Crippen LogP contribution in [0.15, 0.2) is 54.6 Å². The molecule has 1 atom stereocenters. The van der Waals surface area contributed by atoms with Gasteiger partial charge in [-0.1, -0.05) is 42.5 Å². The molecule has 0 spiro atoms. The molecule has 1 N–H and O–H groups in total. The first-order valence-electron chi connectivity index (χ1n) is 7.60. The van der Waals surface area contributed by atoms with Crippen molar-refractivity contribution in [2.75, 3.05) is 13.1 Å². The van der Waals surface area contributed by atoms with Gasteiger partial charge in [-0.05, 0) is 11.6 Å². The van der Waals surface area contributed by atoms with Gasteiger partial charge in [-0.15, -0.1) is 11.8 Å². The molecule has 2 aromatic rings. The predicted molar refractivity (Wildman–Crippen MR) is 93.7 cm³/mol. The third-order valence-electron chi connectivity index (χ3n) is 3.80. The Balaban J connectivity index is 1.73. The molecule has 0 radical (unpaired) electrons. The van der Waals surface area contributed by atoms with Gasteiger partial charge in [0.05, 0.1) is 4.92 Å². The Morgan fingerprint density at radius 3 is 2.67 bits per heavy atom. The van der Waals surface area contributed by atoms with E-state index in [-0.39, 0.29) is 22.7 Å². The van der Waals surface area contributed by atoms with E-state index in [1.165, 1.54) is 17.7 Å². The molecule has 3 rings (SSSR count). The summed E-state index contributed by atoms with van der Waals surface area (Å²) < 4.78 is 0.